The number of aliphatic hydroxyl groups excluding tert-OH is 1. The second-order valence-corrected chi connectivity index (χ2v) is 14.3. The van der Waals surface area contributed by atoms with Crippen LogP contribution < -0.4 is 5.32 Å². The summed E-state index contributed by atoms with van der Waals surface area (Å²) in [5.41, 5.74) is 0. The summed E-state index contributed by atoms with van der Waals surface area (Å²) >= 11 is 0. The Morgan fingerprint density at radius 3 is 1.83 bits per heavy atom. The predicted molar refractivity (Wildman–Crippen MR) is 175 cm³/mol. The van der Waals surface area contributed by atoms with E-state index in [0.29, 0.717) is 23.9 Å². The van der Waals surface area contributed by atoms with Gasteiger partial charge in [-0.25, -0.2) is 4.57 Å². The third kappa shape index (κ3) is 28.0. The highest BCUT2D eigenvalue weighted by Gasteiger charge is 2.28. The molecule has 0 aromatic rings. The molecule has 42 heavy (non-hydrogen) atoms. The Bertz CT molecular complexity index is 713. The molecule has 1 unspecified atom stereocenters. The van der Waals surface area contributed by atoms with Crippen molar-refractivity contribution in [3.05, 3.63) is 12.2 Å². The van der Waals surface area contributed by atoms with Crippen molar-refractivity contribution in [3.63, 3.8) is 0 Å². The van der Waals surface area contributed by atoms with Gasteiger partial charge in [-0.1, -0.05) is 109 Å². The second-order valence-electron chi connectivity index (χ2n) is 12.9. The van der Waals surface area contributed by atoms with E-state index in [4.69, 9.17) is 9.05 Å². The molecule has 0 saturated heterocycles. The van der Waals surface area contributed by atoms with Gasteiger partial charge in [-0.2, -0.15) is 0 Å². The van der Waals surface area contributed by atoms with Gasteiger partial charge in [0.25, 0.3) is 0 Å². The lowest BCUT2D eigenvalue weighted by Crippen LogP contribution is -2.46. The van der Waals surface area contributed by atoms with Gasteiger partial charge in [-0.15, -0.1) is 0 Å². The van der Waals surface area contributed by atoms with Crippen molar-refractivity contribution in [2.45, 2.75) is 154 Å². The van der Waals surface area contributed by atoms with Crippen molar-refractivity contribution in [1.82, 2.24) is 5.32 Å². The van der Waals surface area contributed by atoms with Crippen LogP contribution in [0.1, 0.15) is 142 Å². The number of phosphoric ester groups is 1. The van der Waals surface area contributed by atoms with E-state index in [-0.39, 0.29) is 19.1 Å². The van der Waals surface area contributed by atoms with Crippen LogP contribution in [0.25, 0.3) is 0 Å². The highest BCUT2D eigenvalue weighted by Crippen LogP contribution is 2.43. The molecule has 0 aromatic heterocycles. The summed E-state index contributed by atoms with van der Waals surface area (Å²) in [7, 11) is 1.60. The van der Waals surface area contributed by atoms with Crippen LogP contribution in [0.15, 0.2) is 12.2 Å². The molecule has 0 spiro atoms. The van der Waals surface area contributed by atoms with Crippen molar-refractivity contribution in [2.24, 2.45) is 0 Å². The molecule has 1 amide bonds. The van der Waals surface area contributed by atoms with E-state index in [1.807, 2.05) is 21.1 Å². The number of nitrogens with one attached hydrogen (secondary N) is 1. The summed E-state index contributed by atoms with van der Waals surface area (Å²) in [4.78, 5) is 22.8. The molecule has 0 heterocycles. The number of hydrogen-bond donors (Lipinski definition) is 3. The molecule has 0 bridgehead atoms. The summed E-state index contributed by atoms with van der Waals surface area (Å²) in [6, 6.07) is -0.766. The quantitative estimate of drug-likeness (QED) is 0.0325. The van der Waals surface area contributed by atoms with E-state index >= 15 is 0 Å². The van der Waals surface area contributed by atoms with Gasteiger partial charge in [-0.05, 0) is 38.5 Å². The molecule has 3 atom stereocenters. The Morgan fingerprint density at radius 1 is 0.786 bits per heavy atom. The largest absolute Gasteiger partial charge is 0.472 e. The van der Waals surface area contributed by atoms with Gasteiger partial charge in [0.1, 0.15) is 13.2 Å². The number of phosphoric acid groups is 1. The van der Waals surface area contributed by atoms with Gasteiger partial charge in [0.15, 0.2) is 0 Å². The van der Waals surface area contributed by atoms with E-state index in [1.165, 1.54) is 70.6 Å². The Morgan fingerprint density at radius 2 is 1.29 bits per heavy atom. The highest BCUT2D eigenvalue weighted by molar-refractivity contribution is 7.47. The second kappa shape index (κ2) is 26.6. The van der Waals surface area contributed by atoms with Crippen LogP contribution in [-0.4, -0.2) is 73.4 Å². The zero-order valence-corrected chi connectivity index (χ0v) is 28.9. The zero-order chi connectivity index (χ0) is 31.5. The minimum Gasteiger partial charge on any atom is -0.391 e. The van der Waals surface area contributed by atoms with Crippen LogP contribution in [-0.2, 0) is 18.4 Å². The maximum atomic E-state index is 12.6. The molecule has 0 aliphatic heterocycles. The van der Waals surface area contributed by atoms with Crippen LogP contribution in [0.4, 0.5) is 0 Å². The molecule has 0 saturated carbocycles. The average molecular weight is 620 g/mol. The van der Waals surface area contributed by atoms with Gasteiger partial charge < -0.3 is 19.8 Å². The number of unbranched alkanes of at least 4 members (excludes halogenated alkanes) is 15. The lowest BCUT2D eigenvalue weighted by atomic mass is 10.0. The SMILES string of the molecule is CCCCCCCCC/C=C/CCCC[C@@H](O)[C@H](COP(=O)(O)OCC[N+](C)(C)C)NC(=O)CCCCCCCCC. The van der Waals surface area contributed by atoms with E-state index in [9.17, 15) is 19.4 Å². The number of carbonyl (C=O) groups is 1. The van der Waals surface area contributed by atoms with Gasteiger partial charge >= 0.3 is 7.82 Å². The molecule has 0 aromatic carbocycles. The number of hydrogen-bond acceptors (Lipinski definition) is 5. The van der Waals surface area contributed by atoms with Crippen molar-refractivity contribution in [3.8, 4) is 0 Å². The maximum absolute atomic E-state index is 12.6. The molecule has 0 fully saturated rings. The van der Waals surface area contributed by atoms with Gasteiger partial charge in [0, 0.05) is 6.42 Å². The molecular formula is C33H68N2O6P+. The lowest BCUT2D eigenvalue weighted by molar-refractivity contribution is -0.870. The van der Waals surface area contributed by atoms with E-state index in [0.717, 1.165) is 44.9 Å². The standard InChI is InChI=1S/C33H67N2O6P/c1-6-8-10-12-14-15-16-17-18-19-21-22-24-26-32(36)31(30-41-42(38,39)40-29-28-35(3,4)5)34-33(37)27-25-23-20-13-11-9-7-2/h18-19,31-32,36H,6-17,20-30H2,1-5H3,(H-,34,37,38,39)/p+1/b19-18+/t31-,32+/m0/s1. The monoisotopic (exact) mass is 619 g/mol. The number of nitrogens with zero attached hydrogens (tertiary/aromatic N) is 1. The van der Waals surface area contributed by atoms with Crippen LogP contribution >= 0.6 is 7.82 Å². The Kier molecular flexibility index (Phi) is 26.1. The summed E-state index contributed by atoms with van der Waals surface area (Å²) in [5, 5.41) is 13.7. The maximum Gasteiger partial charge on any atom is 0.472 e. The fourth-order valence-corrected chi connectivity index (χ4v) is 5.42. The normalized spacial score (nSPS) is 15.1. The van der Waals surface area contributed by atoms with Crippen LogP contribution in [0.2, 0.25) is 0 Å². The van der Waals surface area contributed by atoms with Crippen LogP contribution in [0, 0.1) is 0 Å². The minimum absolute atomic E-state index is 0.0710. The molecule has 0 radical (unpaired) electrons. The summed E-state index contributed by atoms with van der Waals surface area (Å²) in [6.07, 6.45) is 25.3. The lowest BCUT2D eigenvalue weighted by Gasteiger charge is -2.26. The molecule has 9 heteroatoms. The fraction of sp³-hybridized carbons (Fsp3) is 0.909. The van der Waals surface area contributed by atoms with Gasteiger partial charge in [0.2, 0.25) is 5.91 Å². The summed E-state index contributed by atoms with van der Waals surface area (Å²) in [6.45, 7) is 4.78. The smallest absolute Gasteiger partial charge is 0.391 e. The van der Waals surface area contributed by atoms with Crippen LogP contribution in [0.5, 0.6) is 0 Å². The molecule has 0 rings (SSSR count). The Balaban J connectivity index is 4.55. The fourth-order valence-electron chi connectivity index (χ4n) is 4.68. The Labute approximate surface area is 259 Å². The van der Waals surface area contributed by atoms with E-state index < -0.39 is 20.0 Å². The third-order valence-electron chi connectivity index (χ3n) is 7.51. The molecule has 0 aliphatic carbocycles. The number of likely N-dealkylation sites (N-methyl/N-ethyl adjacent to an activating group) is 1. The first-order chi connectivity index (χ1) is 20.0. The molecule has 3 N–H and O–H groups in total. The number of amides is 1. The zero-order valence-electron chi connectivity index (χ0n) is 28.0. The number of rotatable bonds is 30. The number of carbonyl (C=O) groups excluding carboxylic acids is 1. The molecule has 0 aliphatic rings. The summed E-state index contributed by atoms with van der Waals surface area (Å²) < 4.78 is 23.3. The van der Waals surface area contributed by atoms with Crippen molar-refractivity contribution in [2.75, 3.05) is 40.9 Å². The number of aliphatic hydroxyl groups is 1. The van der Waals surface area contributed by atoms with E-state index in [2.05, 4.69) is 31.3 Å². The topological polar surface area (TPSA) is 105 Å². The van der Waals surface area contributed by atoms with E-state index in [1.54, 1.807) is 0 Å². The average Bonchev–Trinajstić information content (AvgIpc) is 2.92. The Hall–Kier alpha value is -0.760. The first kappa shape index (κ1) is 41.2. The van der Waals surface area contributed by atoms with Crippen molar-refractivity contribution >= 4 is 13.7 Å². The third-order valence-corrected chi connectivity index (χ3v) is 8.50. The van der Waals surface area contributed by atoms with Crippen molar-refractivity contribution in [1.29, 1.82) is 0 Å². The minimum atomic E-state index is -4.30. The van der Waals surface area contributed by atoms with Gasteiger partial charge in [0.05, 0.1) is 39.9 Å². The first-order valence-electron chi connectivity index (χ1n) is 17.1. The molecule has 250 valence electrons. The molecule has 8 nitrogen and oxygen atoms in total. The first-order valence-corrected chi connectivity index (χ1v) is 18.5. The summed E-state index contributed by atoms with van der Waals surface area (Å²) in [5.74, 6) is -0.164. The number of allylic oxidation sites excluding steroid dienone is 2. The van der Waals surface area contributed by atoms with Gasteiger partial charge in [-0.3, -0.25) is 13.8 Å². The van der Waals surface area contributed by atoms with Crippen LogP contribution in [0.3, 0.4) is 0 Å². The number of quaternary nitrogens is 1. The highest BCUT2D eigenvalue weighted by atomic mass is 31.2. The van der Waals surface area contributed by atoms with Crippen molar-refractivity contribution < 1.29 is 32.9 Å². The molecular weight excluding hydrogens is 551 g/mol. The predicted octanol–water partition coefficient (Wildman–Crippen LogP) is 8.07.